The standard InChI is InChI=1S/C31H31N7O5S/c1-19-9-7-8-12-26(19)34-29-25(31(40)37-15-13-23(14-16-37)22-10-5-4-6-11-22)17-32-28-24(18-33-38(28)29)30(39)36-44(41,42)27-20(2)35-43-21(27)3/h4-12,17-18,23,34H,13-16H2,1-3H3,(H,36,39). The molecule has 0 unspecified atom stereocenters. The van der Waals surface area contributed by atoms with Crippen molar-refractivity contribution in [3.63, 3.8) is 0 Å². The number of nitrogens with zero attached hydrogens (tertiary/aromatic N) is 5. The third kappa shape index (κ3) is 5.41. The third-order valence-electron chi connectivity index (χ3n) is 7.92. The highest BCUT2D eigenvalue weighted by atomic mass is 32.2. The smallest absolute Gasteiger partial charge is 0.270 e. The van der Waals surface area contributed by atoms with Crippen molar-refractivity contribution in [2.24, 2.45) is 0 Å². The van der Waals surface area contributed by atoms with Crippen molar-refractivity contribution in [3.8, 4) is 0 Å². The van der Waals surface area contributed by atoms with E-state index in [0.29, 0.717) is 24.8 Å². The summed E-state index contributed by atoms with van der Waals surface area (Å²) in [5.74, 6) is -0.409. The quantitative estimate of drug-likeness (QED) is 0.270. The summed E-state index contributed by atoms with van der Waals surface area (Å²) in [4.78, 5) is 33.2. The molecule has 226 valence electrons. The Kier molecular flexibility index (Phi) is 7.64. The molecule has 2 amide bonds. The van der Waals surface area contributed by atoms with E-state index in [-0.39, 0.29) is 39.0 Å². The Hall–Kier alpha value is -5.04. The van der Waals surface area contributed by atoms with Gasteiger partial charge in [-0.25, -0.2) is 18.1 Å². The van der Waals surface area contributed by atoms with Crippen LogP contribution in [0.3, 0.4) is 0 Å². The van der Waals surface area contributed by atoms with Gasteiger partial charge in [-0.3, -0.25) is 9.59 Å². The van der Waals surface area contributed by atoms with Crippen LogP contribution in [0, 0.1) is 20.8 Å². The zero-order valence-electron chi connectivity index (χ0n) is 24.4. The number of amides is 2. The molecule has 1 saturated heterocycles. The largest absolute Gasteiger partial charge is 0.360 e. The number of benzene rings is 2. The van der Waals surface area contributed by atoms with E-state index in [2.05, 4.69) is 37.4 Å². The molecule has 0 aliphatic carbocycles. The molecule has 3 aromatic heterocycles. The van der Waals surface area contributed by atoms with Gasteiger partial charge in [0.15, 0.2) is 16.3 Å². The Morgan fingerprint density at radius 1 is 0.932 bits per heavy atom. The molecule has 0 bridgehead atoms. The zero-order chi connectivity index (χ0) is 31.0. The van der Waals surface area contributed by atoms with Gasteiger partial charge in [0.25, 0.3) is 21.8 Å². The minimum absolute atomic E-state index is 0.0569. The SMILES string of the molecule is Cc1ccccc1Nc1c(C(=O)N2CCC(c3ccccc3)CC2)cnc2c(C(=O)NS(=O)(=O)c3c(C)noc3C)cnn12. The number of nitrogens with one attached hydrogen (secondary N) is 2. The number of hydrogen-bond donors (Lipinski definition) is 2. The van der Waals surface area contributed by atoms with Crippen molar-refractivity contribution >= 4 is 39.0 Å². The highest BCUT2D eigenvalue weighted by Gasteiger charge is 2.31. The number of likely N-dealkylation sites (tertiary alicyclic amines) is 1. The van der Waals surface area contributed by atoms with Crippen LogP contribution in [-0.4, -0.2) is 58.0 Å². The number of piperidine rings is 1. The summed E-state index contributed by atoms with van der Waals surface area (Å²) in [6.07, 6.45) is 4.29. The molecule has 6 rings (SSSR count). The topological polar surface area (TPSA) is 152 Å². The van der Waals surface area contributed by atoms with Crippen LogP contribution in [0.15, 0.2) is 76.4 Å². The summed E-state index contributed by atoms with van der Waals surface area (Å²) < 4.78 is 34.4. The second-order valence-electron chi connectivity index (χ2n) is 10.8. The van der Waals surface area contributed by atoms with Gasteiger partial charge in [-0.1, -0.05) is 53.7 Å². The van der Waals surface area contributed by atoms with Crippen molar-refractivity contribution in [2.45, 2.75) is 44.4 Å². The van der Waals surface area contributed by atoms with Crippen LogP contribution in [0.4, 0.5) is 11.5 Å². The van der Waals surface area contributed by atoms with E-state index in [0.717, 1.165) is 24.1 Å². The number of para-hydroxylation sites is 1. The summed E-state index contributed by atoms with van der Waals surface area (Å²) in [6, 6.07) is 17.9. The van der Waals surface area contributed by atoms with Crippen molar-refractivity contribution in [1.29, 1.82) is 0 Å². The van der Waals surface area contributed by atoms with E-state index in [1.165, 1.54) is 36.3 Å². The number of sulfonamides is 1. The van der Waals surface area contributed by atoms with Crippen LogP contribution >= 0.6 is 0 Å². The molecule has 0 spiro atoms. The molecular weight excluding hydrogens is 582 g/mol. The lowest BCUT2D eigenvalue weighted by Crippen LogP contribution is -2.38. The van der Waals surface area contributed by atoms with Gasteiger partial charge < -0.3 is 14.7 Å². The maximum atomic E-state index is 13.9. The molecule has 1 aliphatic rings. The number of carbonyl (C=O) groups excluding carboxylic acids is 2. The first-order chi connectivity index (χ1) is 21.1. The highest BCUT2D eigenvalue weighted by Crippen LogP contribution is 2.31. The first-order valence-electron chi connectivity index (χ1n) is 14.2. The number of aromatic nitrogens is 4. The van der Waals surface area contributed by atoms with Crippen molar-refractivity contribution in [3.05, 3.63) is 101 Å². The molecule has 44 heavy (non-hydrogen) atoms. The Balaban J connectivity index is 1.33. The van der Waals surface area contributed by atoms with Gasteiger partial charge in [-0.05, 0) is 56.7 Å². The van der Waals surface area contributed by atoms with E-state index in [9.17, 15) is 18.0 Å². The molecule has 13 heteroatoms. The second-order valence-corrected chi connectivity index (χ2v) is 12.4. The lowest BCUT2D eigenvalue weighted by molar-refractivity contribution is 0.0713. The fourth-order valence-electron chi connectivity index (χ4n) is 5.61. The molecule has 2 aromatic carbocycles. The number of rotatable bonds is 7. The average molecular weight is 614 g/mol. The van der Waals surface area contributed by atoms with E-state index in [4.69, 9.17) is 4.52 Å². The van der Waals surface area contributed by atoms with Crippen LogP contribution in [0.2, 0.25) is 0 Å². The first kappa shape index (κ1) is 29.1. The number of carbonyl (C=O) groups is 2. The predicted octanol–water partition coefficient (Wildman–Crippen LogP) is 4.52. The van der Waals surface area contributed by atoms with Crippen LogP contribution < -0.4 is 10.0 Å². The van der Waals surface area contributed by atoms with Gasteiger partial charge in [-0.15, -0.1) is 0 Å². The first-order valence-corrected chi connectivity index (χ1v) is 15.7. The van der Waals surface area contributed by atoms with Crippen molar-refractivity contribution < 1.29 is 22.5 Å². The van der Waals surface area contributed by atoms with Crippen LogP contribution in [0.25, 0.3) is 5.65 Å². The fourth-order valence-corrected chi connectivity index (χ4v) is 6.90. The molecule has 2 N–H and O–H groups in total. The normalized spacial score (nSPS) is 14.1. The Labute approximate surface area is 254 Å². The second kappa shape index (κ2) is 11.6. The molecule has 1 fully saturated rings. The maximum absolute atomic E-state index is 13.9. The fraction of sp³-hybridized carbons (Fsp3) is 0.258. The molecule has 5 aromatic rings. The third-order valence-corrected chi connectivity index (χ3v) is 9.49. The van der Waals surface area contributed by atoms with Gasteiger partial charge in [0.2, 0.25) is 0 Å². The van der Waals surface area contributed by atoms with Gasteiger partial charge in [0.05, 0.1) is 6.20 Å². The van der Waals surface area contributed by atoms with Crippen LogP contribution in [0.5, 0.6) is 0 Å². The maximum Gasteiger partial charge on any atom is 0.270 e. The molecule has 0 saturated carbocycles. The molecule has 4 heterocycles. The van der Waals surface area contributed by atoms with E-state index >= 15 is 0 Å². The monoisotopic (exact) mass is 613 g/mol. The molecule has 0 atom stereocenters. The Morgan fingerprint density at radius 2 is 1.64 bits per heavy atom. The average Bonchev–Trinajstić information content (AvgIpc) is 3.61. The summed E-state index contributed by atoms with van der Waals surface area (Å²) in [5, 5.41) is 11.4. The zero-order valence-corrected chi connectivity index (χ0v) is 25.3. The van der Waals surface area contributed by atoms with Gasteiger partial charge in [0.1, 0.15) is 22.6 Å². The number of fused-ring (bicyclic) bond motifs is 1. The van der Waals surface area contributed by atoms with Gasteiger partial charge >= 0.3 is 0 Å². The molecule has 0 radical (unpaired) electrons. The molecule has 1 aliphatic heterocycles. The van der Waals surface area contributed by atoms with Crippen molar-refractivity contribution in [1.82, 2.24) is 29.4 Å². The van der Waals surface area contributed by atoms with E-state index < -0.39 is 15.9 Å². The summed E-state index contributed by atoms with van der Waals surface area (Å²) >= 11 is 0. The number of hydrogen-bond acceptors (Lipinski definition) is 9. The number of aryl methyl sites for hydroxylation is 3. The van der Waals surface area contributed by atoms with E-state index in [1.54, 1.807) is 4.90 Å². The Bertz CT molecular complexity index is 1960. The lowest BCUT2D eigenvalue weighted by atomic mass is 9.89. The molecular formula is C31H31N7O5S. The highest BCUT2D eigenvalue weighted by molar-refractivity contribution is 7.90. The minimum atomic E-state index is -4.29. The summed E-state index contributed by atoms with van der Waals surface area (Å²) in [7, 11) is -4.29. The van der Waals surface area contributed by atoms with Crippen molar-refractivity contribution in [2.75, 3.05) is 18.4 Å². The van der Waals surface area contributed by atoms with Crippen LogP contribution in [-0.2, 0) is 10.0 Å². The Morgan fingerprint density at radius 3 is 2.32 bits per heavy atom. The van der Waals surface area contributed by atoms with E-state index in [1.807, 2.05) is 49.4 Å². The summed E-state index contributed by atoms with van der Waals surface area (Å²) in [6.45, 7) is 6.00. The summed E-state index contributed by atoms with van der Waals surface area (Å²) in [5.41, 5.74) is 3.32. The van der Waals surface area contributed by atoms with Gasteiger partial charge in [-0.2, -0.15) is 9.61 Å². The van der Waals surface area contributed by atoms with Crippen LogP contribution in [0.1, 0.15) is 62.1 Å². The van der Waals surface area contributed by atoms with Gasteiger partial charge in [0, 0.05) is 25.0 Å². The lowest BCUT2D eigenvalue weighted by Gasteiger charge is -2.32. The minimum Gasteiger partial charge on any atom is -0.360 e. The predicted molar refractivity (Wildman–Crippen MR) is 162 cm³/mol. The molecule has 12 nitrogen and oxygen atoms in total. The number of anilines is 2.